The monoisotopic (exact) mass is 776 g/mol. The van der Waals surface area contributed by atoms with Crippen molar-refractivity contribution >= 4 is 15.8 Å². The van der Waals surface area contributed by atoms with E-state index in [0.29, 0.717) is 67.0 Å². The van der Waals surface area contributed by atoms with Crippen molar-refractivity contribution in [2.45, 2.75) is 131 Å². The number of sulfone groups is 1. The fourth-order valence-corrected chi connectivity index (χ4v) is 16.2. The van der Waals surface area contributed by atoms with Gasteiger partial charge in [0.25, 0.3) is 0 Å². The maximum atomic E-state index is 12.2. The summed E-state index contributed by atoms with van der Waals surface area (Å²) in [7, 11) is -2.87. The van der Waals surface area contributed by atoms with E-state index in [1.165, 1.54) is 68.1 Å². The molecule has 2 N–H and O–H groups in total. The summed E-state index contributed by atoms with van der Waals surface area (Å²) >= 11 is 0. The smallest absolute Gasteiger partial charge is 0.550 e. The van der Waals surface area contributed by atoms with Crippen molar-refractivity contribution in [3.8, 4) is 0 Å². The third-order valence-electron chi connectivity index (χ3n) is 18.0. The van der Waals surface area contributed by atoms with E-state index < -0.39 is 21.2 Å². The van der Waals surface area contributed by atoms with Crippen LogP contribution in [0.1, 0.15) is 125 Å². The molecule has 1 heterocycles. The number of carbonyl (C=O) groups excluding carboxylic acids is 1. The number of aliphatic hydroxyl groups excluding tert-OH is 1. The molecule has 1 unspecified atom stereocenters. The van der Waals surface area contributed by atoms with Gasteiger partial charge in [0.15, 0.2) is 9.84 Å². The standard InChI is InChI=1S/C44H70N2O5S.K/c1-30(2)32-12-19-44(45-23-24-46-25-28-52(50,51)29-26-46)21-20-41(6)34(37(32)44)8-9-36-40(5)15-13-33(39(3,4)35(40)14-16-42(36,41)7)31-10-17-43(18-11-31,22-27-47)38(48)49;/h10,13,32,34-37,45,47H,1,8-9,11-12,14-29H2,2-7H3,(H,48,49);/q;+1/p-1/t32-,34+,35-,36+,37+,40-,41+,42+,43?,44-;/m0./s1. The van der Waals surface area contributed by atoms with Crippen LogP contribution in [0.3, 0.4) is 0 Å². The first kappa shape index (κ1) is 42.8. The van der Waals surface area contributed by atoms with Crippen molar-refractivity contribution in [3.63, 3.8) is 0 Å². The molecule has 5 fully saturated rings. The van der Waals surface area contributed by atoms with Crippen LogP contribution in [-0.4, -0.2) is 74.2 Å². The molecule has 0 spiro atoms. The molecule has 0 aromatic heterocycles. The molecule has 9 heteroatoms. The molecule has 0 amide bonds. The Balaban J connectivity index is 0.00000481. The Morgan fingerprint density at radius 3 is 2.28 bits per heavy atom. The predicted octanol–water partition coefficient (Wildman–Crippen LogP) is 3.49. The molecule has 10 atom stereocenters. The Labute approximate surface area is 364 Å². The van der Waals surface area contributed by atoms with Crippen molar-refractivity contribution in [2.24, 2.45) is 56.7 Å². The molecule has 0 aromatic carbocycles. The van der Waals surface area contributed by atoms with E-state index in [2.05, 4.69) is 70.5 Å². The van der Waals surface area contributed by atoms with Crippen LogP contribution in [0, 0.1) is 56.7 Å². The number of hydrogen-bond acceptors (Lipinski definition) is 7. The minimum absolute atomic E-state index is 0. The number of aliphatic carboxylic acids is 1. The zero-order valence-electron chi connectivity index (χ0n) is 34.3. The van der Waals surface area contributed by atoms with Gasteiger partial charge < -0.3 is 25.2 Å². The summed E-state index contributed by atoms with van der Waals surface area (Å²) in [4.78, 5) is 14.5. The van der Waals surface area contributed by atoms with E-state index in [0.717, 1.165) is 25.9 Å². The summed E-state index contributed by atoms with van der Waals surface area (Å²) in [5.41, 5.74) is 4.09. The van der Waals surface area contributed by atoms with Crippen molar-refractivity contribution in [2.75, 3.05) is 44.3 Å². The van der Waals surface area contributed by atoms with Gasteiger partial charge in [0.1, 0.15) is 0 Å². The summed E-state index contributed by atoms with van der Waals surface area (Å²) < 4.78 is 24.1. The molecule has 0 aromatic rings. The summed E-state index contributed by atoms with van der Waals surface area (Å²) in [5.74, 6) is 2.62. The van der Waals surface area contributed by atoms with Gasteiger partial charge in [-0.2, -0.15) is 0 Å². The fraction of sp³-hybridized carbons (Fsp3) is 0.841. The van der Waals surface area contributed by atoms with E-state index in [1.54, 1.807) is 0 Å². The average Bonchev–Trinajstić information content (AvgIpc) is 3.46. The number of carboxylic acid groups (broad SMARTS) is 1. The molecular formula is C44H69KN2O5S. The first-order valence-corrected chi connectivity index (χ1v) is 22.8. The minimum Gasteiger partial charge on any atom is -0.550 e. The Kier molecular flexibility index (Phi) is 12.2. The van der Waals surface area contributed by atoms with Crippen LogP contribution >= 0.6 is 0 Å². The molecule has 4 saturated carbocycles. The van der Waals surface area contributed by atoms with Crippen molar-refractivity contribution in [3.05, 3.63) is 35.5 Å². The molecule has 7 aliphatic rings. The van der Waals surface area contributed by atoms with Crippen molar-refractivity contribution in [1.82, 2.24) is 10.2 Å². The van der Waals surface area contributed by atoms with Gasteiger partial charge in [0, 0.05) is 49.7 Å². The molecule has 1 saturated heterocycles. The maximum absolute atomic E-state index is 12.2. The second-order valence-corrected chi connectivity index (χ2v) is 22.6. The topological polar surface area (TPSA) is 110 Å². The van der Waals surface area contributed by atoms with Crippen LogP contribution in [0.2, 0.25) is 0 Å². The van der Waals surface area contributed by atoms with Crippen molar-refractivity contribution < 1.29 is 74.8 Å². The maximum Gasteiger partial charge on any atom is 1.00 e. The van der Waals surface area contributed by atoms with Gasteiger partial charge >= 0.3 is 51.4 Å². The van der Waals surface area contributed by atoms with Gasteiger partial charge in [-0.15, -0.1) is 0 Å². The number of allylic oxidation sites excluding steroid dienone is 5. The van der Waals surface area contributed by atoms with E-state index in [9.17, 15) is 23.4 Å². The first-order valence-electron chi connectivity index (χ1n) is 20.9. The first-order chi connectivity index (χ1) is 24.4. The zero-order chi connectivity index (χ0) is 37.5. The summed E-state index contributed by atoms with van der Waals surface area (Å²) in [6.45, 7) is 22.9. The number of hydrogen-bond donors (Lipinski definition) is 2. The molecule has 7 nitrogen and oxygen atoms in total. The van der Waals surface area contributed by atoms with Crippen LogP contribution in [0.15, 0.2) is 35.5 Å². The number of fused-ring (bicyclic) bond motifs is 7. The number of carboxylic acids is 1. The number of nitrogens with zero attached hydrogens (tertiary/aromatic N) is 1. The van der Waals surface area contributed by atoms with Crippen LogP contribution in [0.5, 0.6) is 0 Å². The third kappa shape index (κ3) is 6.87. The van der Waals surface area contributed by atoms with Gasteiger partial charge in [-0.25, -0.2) is 8.42 Å². The molecule has 53 heavy (non-hydrogen) atoms. The molecule has 1 aliphatic heterocycles. The second kappa shape index (κ2) is 15.1. The fourth-order valence-electron chi connectivity index (χ4n) is 14.9. The van der Waals surface area contributed by atoms with Gasteiger partial charge in [0.05, 0.1) is 11.5 Å². The Hall–Kier alpha value is 0.156. The Bertz CT molecular complexity index is 1610. The molecule has 292 valence electrons. The normalized spacial score (nSPS) is 44.5. The Morgan fingerprint density at radius 1 is 0.943 bits per heavy atom. The molecule has 6 aliphatic carbocycles. The predicted molar refractivity (Wildman–Crippen MR) is 207 cm³/mol. The van der Waals surface area contributed by atoms with E-state index >= 15 is 0 Å². The minimum atomic E-state index is -2.87. The average molecular weight is 777 g/mol. The second-order valence-electron chi connectivity index (χ2n) is 20.3. The third-order valence-corrected chi connectivity index (χ3v) is 19.6. The van der Waals surface area contributed by atoms with Gasteiger partial charge in [0.2, 0.25) is 0 Å². The number of carbonyl (C=O) groups is 1. The Morgan fingerprint density at radius 2 is 1.66 bits per heavy atom. The number of aliphatic hydroxyl groups is 1. The summed E-state index contributed by atoms with van der Waals surface area (Å²) in [6.07, 6.45) is 17.9. The summed E-state index contributed by atoms with van der Waals surface area (Å²) in [5, 5.41) is 26.0. The summed E-state index contributed by atoms with van der Waals surface area (Å²) in [6, 6.07) is 0. The molecule has 7 rings (SSSR count). The quantitative estimate of drug-likeness (QED) is 0.273. The van der Waals surface area contributed by atoms with E-state index in [1.807, 2.05) is 0 Å². The number of nitrogens with one attached hydrogen (secondary N) is 1. The van der Waals surface area contributed by atoms with Gasteiger partial charge in [-0.1, -0.05) is 58.9 Å². The molecule has 0 radical (unpaired) electrons. The van der Waals surface area contributed by atoms with Crippen LogP contribution < -0.4 is 61.8 Å². The van der Waals surface area contributed by atoms with Crippen LogP contribution in [0.4, 0.5) is 0 Å². The zero-order valence-corrected chi connectivity index (χ0v) is 38.3. The van der Waals surface area contributed by atoms with Gasteiger partial charge in [-0.05, 0) is 153 Å². The molecular weight excluding hydrogens is 708 g/mol. The van der Waals surface area contributed by atoms with Crippen LogP contribution in [0.25, 0.3) is 0 Å². The van der Waals surface area contributed by atoms with E-state index in [4.69, 9.17) is 0 Å². The van der Waals surface area contributed by atoms with Gasteiger partial charge in [-0.3, -0.25) is 0 Å². The largest absolute Gasteiger partial charge is 1.00 e. The van der Waals surface area contributed by atoms with Crippen LogP contribution in [-0.2, 0) is 14.6 Å². The van der Waals surface area contributed by atoms with Crippen molar-refractivity contribution in [1.29, 1.82) is 0 Å². The molecule has 0 bridgehead atoms. The SMILES string of the molecule is C=C(C)[C@@H]1CC[C@]2(NCCN3CCS(=O)(=O)CC3)CC[C@]3(C)[C@H](CC[C@@H]4[C@@]5(C)CC=C(C6=CCC(CCO)(C(=O)[O-])CC6)C(C)(C)[C@@H]5CC[C@]43C)[C@@H]12.[K+]. The van der Waals surface area contributed by atoms with E-state index in [-0.39, 0.29) is 91.6 Å². The number of rotatable bonds is 9.